The highest BCUT2D eigenvalue weighted by Gasteiger charge is 2.21. The second kappa shape index (κ2) is 7.19. The Morgan fingerprint density at radius 3 is 2.33 bits per heavy atom. The Bertz CT molecular complexity index is 841. The minimum atomic E-state index is -0.237. The largest absolute Gasteiger partial charge is 0.495 e. The quantitative estimate of drug-likeness (QED) is 0.841. The number of hydrogen-bond donors (Lipinski definition) is 1. The van der Waals surface area contributed by atoms with E-state index in [1.165, 1.54) is 23.9 Å². The van der Waals surface area contributed by atoms with Crippen LogP contribution in [0.1, 0.15) is 0 Å². The van der Waals surface area contributed by atoms with Crippen LogP contribution in [0.15, 0.2) is 82.2 Å². The average molecular weight is 337 g/mol. The van der Waals surface area contributed by atoms with Crippen molar-refractivity contribution in [2.24, 2.45) is 0 Å². The number of carbonyl (C=O) groups is 2. The summed E-state index contributed by atoms with van der Waals surface area (Å²) in [5, 5.41) is 2.98. The van der Waals surface area contributed by atoms with Crippen molar-refractivity contribution in [1.82, 2.24) is 0 Å². The molecule has 4 nitrogen and oxygen atoms in total. The predicted molar refractivity (Wildman–Crippen MR) is 95.1 cm³/mol. The van der Waals surface area contributed by atoms with E-state index in [1.807, 2.05) is 42.5 Å². The fraction of sp³-hybridized carbons (Fsp3) is 0.0526. The number of methoxy groups -OCH3 is 1. The molecule has 0 spiro atoms. The Balaban J connectivity index is 1.78. The summed E-state index contributed by atoms with van der Waals surface area (Å²) in [5.74, 6) is 0.173. The van der Waals surface area contributed by atoms with E-state index >= 15 is 0 Å². The van der Waals surface area contributed by atoms with Gasteiger partial charge < -0.3 is 10.1 Å². The molecule has 2 aromatic carbocycles. The number of para-hydroxylation sites is 2. The first-order valence-corrected chi connectivity index (χ1v) is 8.14. The molecule has 0 aromatic heterocycles. The Kier molecular flexibility index (Phi) is 4.82. The number of benzene rings is 2. The second-order valence-corrected chi connectivity index (χ2v) is 6.15. The summed E-state index contributed by atoms with van der Waals surface area (Å²) in [4.78, 5) is 26.0. The van der Waals surface area contributed by atoms with E-state index in [0.717, 1.165) is 4.90 Å². The van der Waals surface area contributed by atoms with Crippen molar-refractivity contribution in [3.8, 4) is 5.75 Å². The summed E-state index contributed by atoms with van der Waals surface area (Å²) < 4.78 is 5.24. The van der Waals surface area contributed by atoms with Crippen molar-refractivity contribution in [2.45, 2.75) is 4.90 Å². The lowest BCUT2D eigenvalue weighted by Crippen LogP contribution is -2.17. The molecule has 1 N–H and O–H groups in total. The van der Waals surface area contributed by atoms with Gasteiger partial charge in [0.25, 0.3) is 0 Å². The van der Waals surface area contributed by atoms with E-state index in [9.17, 15) is 9.59 Å². The fourth-order valence-electron chi connectivity index (χ4n) is 2.23. The van der Waals surface area contributed by atoms with Crippen molar-refractivity contribution < 1.29 is 14.3 Å². The van der Waals surface area contributed by atoms with Gasteiger partial charge in [-0.2, -0.15) is 0 Å². The number of nitrogens with one attached hydrogen (secondary N) is 1. The third kappa shape index (κ3) is 3.58. The molecule has 0 radical (unpaired) electrons. The number of rotatable bonds is 5. The molecule has 3 rings (SSSR count). The van der Waals surface area contributed by atoms with Crippen LogP contribution in [0.3, 0.4) is 0 Å². The molecule has 0 heterocycles. The third-order valence-corrected chi connectivity index (χ3v) is 4.44. The molecule has 0 bridgehead atoms. The molecule has 120 valence electrons. The lowest BCUT2D eigenvalue weighted by molar-refractivity contribution is -0.114. The first kappa shape index (κ1) is 16.1. The number of anilines is 1. The molecular formula is C19H15NO3S. The van der Waals surface area contributed by atoms with Crippen LogP contribution >= 0.6 is 11.8 Å². The van der Waals surface area contributed by atoms with Gasteiger partial charge in [-0.15, -0.1) is 0 Å². The molecule has 0 saturated heterocycles. The van der Waals surface area contributed by atoms with Gasteiger partial charge >= 0.3 is 0 Å². The third-order valence-electron chi connectivity index (χ3n) is 3.39. The molecule has 24 heavy (non-hydrogen) atoms. The van der Waals surface area contributed by atoms with Crippen molar-refractivity contribution in [3.05, 3.63) is 77.4 Å². The first-order chi connectivity index (χ1) is 11.7. The number of ketones is 2. The van der Waals surface area contributed by atoms with Crippen LogP contribution in [-0.4, -0.2) is 18.7 Å². The SMILES string of the molecule is COc1ccccc1NC1=CC(=O)C(Sc2ccccc2)=CC1=O. The molecule has 5 heteroatoms. The number of carbonyl (C=O) groups excluding carboxylic acids is 2. The molecule has 0 unspecified atom stereocenters. The zero-order valence-electron chi connectivity index (χ0n) is 13.0. The molecule has 0 saturated carbocycles. The van der Waals surface area contributed by atoms with Crippen molar-refractivity contribution in [1.29, 1.82) is 0 Å². The van der Waals surface area contributed by atoms with Gasteiger partial charge in [0.05, 0.1) is 23.4 Å². The second-order valence-electron chi connectivity index (χ2n) is 5.04. The first-order valence-electron chi connectivity index (χ1n) is 7.32. The van der Waals surface area contributed by atoms with Crippen LogP contribution in [0.5, 0.6) is 5.75 Å². The van der Waals surface area contributed by atoms with Gasteiger partial charge in [-0.3, -0.25) is 9.59 Å². The van der Waals surface area contributed by atoms with Gasteiger partial charge in [0.2, 0.25) is 5.78 Å². The molecule has 0 amide bonds. The summed E-state index contributed by atoms with van der Waals surface area (Å²) in [6, 6.07) is 16.7. The Morgan fingerprint density at radius 1 is 0.875 bits per heavy atom. The highest BCUT2D eigenvalue weighted by atomic mass is 32.2. The number of allylic oxidation sites excluding steroid dienone is 3. The van der Waals surface area contributed by atoms with E-state index in [0.29, 0.717) is 16.3 Å². The molecule has 0 atom stereocenters. The average Bonchev–Trinajstić information content (AvgIpc) is 2.60. The van der Waals surface area contributed by atoms with Gasteiger partial charge in [-0.1, -0.05) is 42.1 Å². The van der Waals surface area contributed by atoms with E-state index in [1.54, 1.807) is 19.2 Å². The van der Waals surface area contributed by atoms with Crippen molar-refractivity contribution in [3.63, 3.8) is 0 Å². The smallest absolute Gasteiger partial charge is 0.203 e. The highest BCUT2D eigenvalue weighted by molar-refractivity contribution is 8.04. The van der Waals surface area contributed by atoms with Crippen molar-refractivity contribution in [2.75, 3.05) is 12.4 Å². The maximum absolute atomic E-state index is 12.3. The Morgan fingerprint density at radius 2 is 1.58 bits per heavy atom. The van der Waals surface area contributed by atoms with Gasteiger partial charge in [-0.05, 0) is 24.3 Å². The van der Waals surface area contributed by atoms with E-state index in [4.69, 9.17) is 4.74 Å². The van der Waals surface area contributed by atoms with E-state index < -0.39 is 0 Å². The predicted octanol–water partition coefficient (Wildman–Crippen LogP) is 3.82. The van der Waals surface area contributed by atoms with E-state index in [2.05, 4.69) is 5.32 Å². The molecular weight excluding hydrogens is 322 g/mol. The van der Waals surface area contributed by atoms with Crippen LogP contribution in [0, 0.1) is 0 Å². The van der Waals surface area contributed by atoms with Crippen LogP contribution in [-0.2, 0) is 9.59 Å². The monoisotopic (exact) mass is 337 g/mol. The lowest BCUT2D eigenvalue weighted by atomic mass is 10.1. The molecule has 0 aliphatic heterocycles. The van der Waals surface area contributed by atoms with Crippen LogP contribution in [0.25, 0.3) is 0 Å². The highest BCUT2D eigenvalue weighted by Crippen LogP contribution is 2.31. The Hall–Kier alpha value is -2.79. The van der Waals surface area contributed by atoms with Gasteiger partial charge in [0.15, 0.2) is 5.78 Å². The zero-order valence-corrected chi connectivity index (χ0v) is 13.8. The molecule has 2 aromatic rings. The van der Waals surface area contributed by atoms with E-state index in [-0.39, 0.29) is 17.3 Å². The zero-order chi connectivity index (χ0) is 16.9. The van der Waals surface area contributed by atoms with Crippen LogP contribution < -0.4 is 10.1 Å². The molecule has 1 aliphatic rings. The summed E-state index contributed by atoms with van der Waals surface area (Å²) in [6.07, 6.45) is 2.71. The topological polar surface area (TPSA) is 55.4 Å². The maximum Gasteiger partial charge on any atom is 0.203 e. The summed E-state index contributed by atoms with van der Waals surface area (Å²) in [5.41, 5.74) is 0.877. The number of ether oxygens (including phenoxy) is 1. The maximum atomic E-state index is 12.3. The van der Waals surface area contributed by atoms with Gasteiger partial charge in [0.1, 0.15) is 5.75 Å². The minimum Gasteiger partial charge on any atom is -0.495 e. The standard InChI is InChI=1S/C19H15NO3S/c1-23-18-10-6-5-9-14(18)20-15-11-17(22)19(12-16(15)21)24-13-7-3-2-4-8-13/h2-12,20H,1H3. The number of thioether (sulfide) groups is 1. The van der Waals surface area contributed by atoms with Crippen LogP contribution in [0.2, 0.25) is 0 Å². The minimum absolute atomic E-state index is 0.194. The van der Waals surface area contributed by atoms with Gasteiger partial charge in [-0.25, -0.2) is 0 Å². The summed E-state index contributed by atoms with van der Waals surface area (Å²) >= 11 is 1.29. The molecule has 1 aliphatic carbocycles. The fourth-order valence-corrected chi connectivity index (χ4v) is 3.10. The normalized spacial score (nSPS) is 14.0. The molecule has 0 fully saturated rings. The summed E-state index contributed by atoms with van der Waals surface area (Å²) in [7, 11) is 1.55. The van der Waals surface area contributed by atoms with Gasteiger partial charge in [0, 0.05) is 17.0 Å². The summed E-state index contributed by atoms with van der Waals surface area (Å²) in [6.45, 7) is 0. The lowest BCUT2D eigenvalue weighted by Gasteiger charge is -2.15. The van der Waals surface area contributed by atoms with Crippen molar-refractivity contribution >= 4 is 29.0 Å². The number of hydrogen-bond acceptors (Lipinski definition) is 5. The van der Waals surface area contributed by atoms with Crippen LogP contribution in [0.4, 0.5) is 5.69 Å². The Labute approximate surface area is 144 Å².